The molecule has 0 bridgehead atoms. The number of nitrogens with zero attached hydrogens (tertiary/aromatic N) is 4. The van der Waals surface area contributed by atoms with Gasteiger partial charge in [-0.25, -0.2) is 13.9 Å². The van der Waals surface area contributed by atoms with Crippen LogP contribution in [0.4, 0.5) is 9.59 Å². The summed E-state index contributed by atoms with van der Waals surface area (Å²) in [6.07, 6.45) is 1.18. The predicted molar refractivity (Wildman–Crippen MR) is 75.3 cm³/mol. The van der Waals surface area contributed by atoms with Gasteiger partial charge in [-0.2, -0.15) is 0 Å². The lowest BCUT2D eigenvalue weighted by atomic mass is 10.8. The fourth-order valence-electron chi connectivity index (χ4n) is 0.732. The Morgan fingerprint density at radius 2 is 1.67 bits per heavy atom. The van der Waals surface area contributed by atoms with E-state index in [0.29, 0.717) is 5.04 Å². The van der Waals surface area contributed by atoms with Gasteiger partial charge < -0.3 is 4.90 Å². The Bertz CT molecular complexity index is 336. The summed E-state index contributed by atoms with van der Waals surface area (Å²) in [6, 6.07) is -0.233. The van der Waals surface area contributed by atoms with Gasteiger partial charge >= 0.3 is 12.1 Å². The highest BCUT2D eigenvalue weighted by Crippen LogP contribution is 2.14. The molecule has 0 saturated carbocycles. The highest BCUT2D eigenvalue weighted by Gasteiger charge is 2.18. The van der Waals surface area contributed by atoms with Gasteiger partial charge in [0.2, 0.25) is 0 Å². The second-order valence-electron chi connectivity index (χ2n) is 3.43. The van der Waals surface area contributed by atoms with Gasteiger partial charge in [-0.3, -0.25) is 9.14 Å². The number of hydrogen-bond acceptors (Lipinski definition) is 6. The third kappa shape index (κ3) is 6.01. The zero-order valence-corrected chi connectivity index (χ0v) is 13.0. The Labute approximate surface area is 116 Å². The van der Waals surface area contributed by atoms with Crippen LogP contribution in [0.1, 0.15) is 6.92 Å². The molecule has 0 rings (SSSR count). The normalized spacial score (nSPS) is 10.9. The first kappa shape index (κ1) is 16.9. The maximum Gasteiger partial charge on any atom is 0.447 e. The van der Waals surface area contributed by atoms with E-state index in [9.17, 15) is 9.59 Å². The van der Waals surface area contributed by atoms with E-state index in [-0.39, 0.29) is 6.03 Å². The molecule has 0 saturated heterocycles. The lowest BCUT2D eigenvalue weighted by Gasteiger charge is -2.23. The van der Waals surface area contributed by atoms with Gasteiger partial charge in [0.05, 0.1) is 12.1 Å². The second kappa shape index (κ2) is 8.09. The molecule has 0 radical (unpaired) electrons. The van der Waals surface area contributed by atoms with Gasteiger partial charge in [0, 0.05) is 28.2 Å². The fourth-order valence-corrected chi connectivity index (χ4v) is 1.54. The molecule has 3 amide bonds. The molecule has 0 heterocycles. The van der Waals surface area contributed by atoms with Crippen LogP contribution in [0.25, 0.3) is 0 Å². The molecule has 0 atom stereocenters. The predicted octanol–water partition coefficient (Wildman–Crippen LogP) is 1.93. The van der Waals surface area contributed by atoms with E-state index in [1.54, 1.807) is 28.1 Å². The first-order chi connectivity index (χ1) is 8.29. The van der Waals surface area contributed by atoms with Gasteiger partial charge in [-0.05, 0) is 13.2 Å². The number of urea groups is 1. The summed E-state index contributed by atoms with van der Waals surface area (Å²) in [5, 5.41) is 4.25. The van der Waals surface area contributed by atoms with Crippen LogP contribution in [0.15, 0.2) is 5.16 Å². The van der Waals surface area contributed by atoms with Crippen LogP contribution in [-0.4, -0.2) is 65.1 Å². The third-order valence-electron chi connectivity index (χ3n) is 1.70. The van der Waals surface area contributed by atoms with E-state index < -0.39 is 6.09 Å². The van der Waals surface area contributed by atoms with Crippen molar-refractivity contribution in [2.24, 2.45) is 5.16 Å². The molecule has 0 fully saturated rings. The van der Waals surface area contributed by atoms with Crippen molar-refractivity contribution >= 4 is 41.1 Å². The van der Waals surface area contributed by atoms with Gasteiger partial charge in [0.15, 0.2) is 0 Å². The van der Waals surface area contributed by atoms with Gasteiger partial charge in [-0.15, -0.1) is 11.8 Å². The van der Waals surface area contributed by atoms with Crippen LogP contribution >= 0.6 is 23.9 Å². The monoisotopic (exact) mass is 294 g/mol. The molecule has 0 aromatic carbocycles. The molecule has 18 heavy (non-hydrogen) atoms. The minimum Gasteiger partial charge on any atom is -0.330 e. The zero-order valence-electron chi connectivity index (χ0n) is 11.3. The van der Waals surface area contributed by atoms with Crippen molar-refractivity contribution in [1.29, 1.82) is 0 Å². The molecule has 0 unspecified atom stereocenters. The van der Waals surface area contributed by atoms with Gasteiger partial charge in [0.25, 0.3) is 0 Å². The Balaban J connectivity index is 4.28. The topological polar surface area (TPSA) is 65.5 Å². The number of oxime groups is 1. The van der Waals surface area contributed by atoms with E-state index in [1.165, 1.54) is 32.3 Å². The van der Waals surface area contributed by atoms with Crippen molar-refractivity contribution in [2.45, 2.75) is 6.92 Å². The molecule has 0 aliphatic carbocycles. The quantitative estimate of drug-likeness (QED) is 0.262. The van der Waals surface area contributed by atoms with Crippen LogP contribution in [0.2, 0.25) is 0 Å². The average molecular weight is 294 g/mol. The van der Waals surface area contributed by atoms with Gasteiger partial charge in [0.1, 0.15) is 5.04 Å². The van der Waals surface area contributed by atoms with E-state index >= 15 is 0 Å². The average Bonchev–Trinajstić information content (AvgIpc) is 2.33. The van der Waals surface area contributed by atoms with Gasteiger partial charge in [-0.1, -0.05) is 5.16 Å². The van der Waals surface area contributed by atoms with Crippen molar-refractivity contribution in [2.75, 3.05) is 34.4 Å². The Kier molecular flexibility index (Phi) is 7.60. The van der Waals surface area contributed by atoms with Crippen LogP contribution < -0.4 is 0 Å². The molecular formula is C9H18N4O3S2. The van der Waals surface area contributed by atoms with Crippen LogP contribution in [-0.2, 0) is 4.84 Å². The molecular weight excluding hydrogens is 276 g/mol. The number of carbonyl (C=O) groups excluding carboxylic acids is 2. The first-order valence-corrected chi connectivity index (χ1v) is 6.91. The van der Waals surface area contributed by atoms with Crippen molar-refractivity contribution in [3.05, 3.63) is 0 Å². The highest BCUT2D eigenvalue weighted by atomic mass is 32.2. The van der Waals surface area contributed by atoms with Crippen molar-refractivity contribution < 1.29 is 14.4 Å². The summed E-state index contributed by atoms with van der Waals surface area (Å²) in [7, 11) is 6.32. The molecule has 104 valence electrons. The number of hydrogen-bond donors (Lipinski definition) is 0. The zero-order chi connectivity index (χ0) is 14.3. The minimum atomic E-state index is -0.646. The van der Waals surface area contributed by atoms with E-state index in [0.717, 1.165) is 12.1 Å². The smallest absolute Gasteiger partial charge is 0.330 e. The summed E-state index contributed by atoms with van der Waals surface area (Å²) in [5.74, 6) is 0. The molecule has 7 nitrogen and oxygen atoms in total. The van der Waals surface area contributed by atoms with E-state index in [2.05, 4.69) is 9.99 Å². The number of carbonyl (C=O) groups is 2. The summed E-state index contributed by atoms with van der Waals surface area (Å²) in [4.78, 5) is 29.1. The van der Waals surface area contributed by atoms with Crippen LogP contribution in [0, 0.1) is 0 Å². The molecule has 0 spiro atoms. The van der Waals surface area contributed by atoms with Crippen molar-refractivity contribution in [3.63, 3.8) is 0 Å². The van der Waals surface area contributed by atoms with Crippen molar-refractivity contribution in [3.8, 4) is 0 Å². The Morgan fingerprint density at radius 3 is 2.11 bits per heavy atom. The molecule has 0 N–H and O–H groups in total. The van der Waals surface area contributed by atoms with Crippen LogP contribution in [0.5, 0.6) is 0 Å². The maximum absolute atomic E-state index is 11.5. The lowest BCUT2D eigenvalue weighted by molar-refractivity contribution is 0.136. The van der Waals surface area contributed by atoms with E-state index in [4.69, 9.17) is 0 Å². The SMILES string of the molecule is CS/C(C)=N\OC(=O)N(C)SN(C)C(=O)N(C)C. The Morgan fingerprint density at radius 1 is 1.11 bits per heavy atom. The molecule has 9 heteroatoms. The fraction of sp³-hybridized carbons (Fsp3) is 0.667. The van der Waals surface area contributed by atoms with Crippen molar-refractivity contribution in [1.82, 2.24) is 13.5 Å². The summed E-state index contributed by atoms with van der Waals surface area (Å²) < 4.78 is 2.49. The highest BCUT2D eigenvalue weighted by molar-refractivity contribution is 8.13. The third-order valence-corrected chi connectivity index (χ3v) is 3.16. The minimum absolute atomic E-state index is 0.233. The number of amides is 3. The molecule has 0 aliphatic rings. The van der Waals surface area contributed by atoms with E-state index in [1.807, 2.05) is 6.26 Å². The Hall–Kier alpha value is -1.09. The first-order valence-electron chi connectivity index (χ1n) is 4.96. The standard InChI is InChI=1S/C9H18N4O3S2/c1-7(17-6)10-16-9(15)13(5)18-12(4)8(14)11(2)3/h1-6H3/b10-7-. The second-order valence-corrected chi connectivity index (χ2v) is 5.68. The summed E-state index contributed by atoms with van der Waals surface area (Å²) >= 11 is 2.31. The molecule has 0 aromatic rings. The summed E-state index contributed by atoms with van der Waals surface area (Å²) in [6.45, 7) is 1.73. The lowest BCUT2D eigenvalue weighted by Crippen LogP contribution is -2.35. The number of thioether (sulfide) groups is 1. The van der Waals surface area contributed by atoms with Crippen LogP contribution in [0.3, 0.4) is 0 Å². The maximum atomic E-state index is 11.5. The largest absolute Gasteiger partial charge is 0.447 e. The molecule has 0 aromatic heterocycles. The summed E-state index contributed by atoms with van der Waals surface area (Å²) in [5.41, 5.74) is 0. The molecule has 0 aliphatic heterocycles. The number of rotatable bonds is 3.